The first-order valence-corrected chi connectivity index (χ1v) is 6.74. The van der Waals surface area contributed by atoms with Gasteiger partial charge in [0.05, 0.1) is 17.8 Å². The van der Waals surface area contributed by atoms with Crippen LogP contribution >= 0.6 is 0 Å². The molecule has 2 heterocycles. The lowest BCUT2D eigenvalue weighted by atomic mass is 9.94. The number of aromatic nitrogens is 1. The molecule has 0 aliphatic carbocycles. The molecule has 1 fully saturated rings. The van der Waals surface area contributed by atoms with Gasteiger partial charge in [-0.05, 0) is 12.1 Å². The average molecular weight is 277 g/mol. The summed E-state index contributed by atoms with van der Waals surface area (Å²) >= 11 is 0. The van der Waals surface area contributed by atoms with E-state index in [-0.39, 0.29) is 0 Å². The number of rotatable bonds is 3. The van der Waals surface area contributed by atoms with Crippen molar-refractivity contribution in [2.75, 3.05) is 37.4 Å². The largest absolute Gasteiger partial charge is 0.423 e. The highest BCUT2D eigenvalue weighted by atomic mass is 16.5. The normalized spacial score (nSPS) is 18.3. The van der Waals surface area contributed by atoms with Gasteiger partial charge in [0.2, 0.25) is 0 Å². The maximum Gasteiger partial charge on any atom is 0.298 e. The SMILES string of the molecule is CN(CC1(O)CCOCC1)c1nc2c(N)cccc2o1. The van der Waals surface area contributed by atoms with E-state index >= 15 is 0 Å². The number of hydrogen-bond donors (Lipinski definition) is 2. The molecule has 0 atom stereocenters. The number of nitrogens with zero attached hydrogens (tertiary/aromatic N) is 2. The van der Waals surface area contributed by atoms with Crippen LogP contribution in [0.2, 0.25) is 0 Å². The highest BCUT2D eigenvalue weighted by Crippen LogP contribution is 2.28. The smallest absolute Gasteiger partial charge is 0.298 e. The second kappa shape index (κ2) is 4.96. The van der Waals surface area contributed by atoms with Crippen LogP contribution in [0, 0.1) is 0 Å². The van der Waals surface area contributed by atoms with Crippen LogP contribution in [-0.2, 0) is 4.74 Å². The van der Waals surface area contributed by atoms with Gasteiger partial charge in [0.25, 0.3) is 6.01 Å². The lowest BCUT2D eigenvalue weighted by Gasteiger charge is -2.34. The maximum absolute atomic E-state index is 10.5. The van der Waals surface area contributed by atoms with E-state index in [4.69, 9.17) is 14.9 Å². The van der Waals surface area contributed by atoms with Gasteiger partial charge in [-0.25, -0.2) is 0 Å². The highest BCUT2D eigenvalue weighted by Gasteiger charge is 2.32. The van der Waals surface area contributed by atoms with Crippen molar-refractivity contribution in [1.82, 2.24) is 4.98 Å². The van der Waals surface area contributed by atoms with E-state index < -0.39 is 5.60 Å². The summed E-state index contributed by atoms with van der Waals surface area (Å²) in [5.41, 5.74) is 7.03. The van der Waals surface area contributed by atoms with Gasteiger partial charge in [-0.2, -0.15) is 4.98 Å². The molecule has 1 aliphatic heterocycles. The summed E-state index contributed by atoms with van der Waals surface area (Å²) in [7, 11) is 1.86. The fraction of sp³-hybridized carbons (Fsp3) is 0.500. The standard InChI is InChI=1S/C14H19N3O3/c1-17(9-14(18)5-7-19-8-6-14)13-16-12-10(15)3-2-4-11(12)20-13/h2-4,18H,5-9,15H2,1H3. The summed E-state index contributed by atoms with van der Waals surface area (Å²) < 4.78 is 11.0. The van der Waals surface area contributed by atoms with Gasteiger partial charge >= 0.3 is 0 Å². The van der Waals surface area contributed by atoms with E-state index in [1.807, 2.05) is 24.1 Å². The van der Waals surface area contributed by atoms with Crippen molar-refractivity contribution in [3.63, 3.8) is 0 Å². The second-order valence-corrected chi connectivity index (χ2v) is 5.38. The van der Waals surface area contributed by atoms with Gasteiger partial charge in [0.15, 0.2) is 5.58 Å². The van der Waals surface area contributed by atoms with Crippen molar-refractivity contribution in [3.8, 4) is 0 Å². The first-order valence-electron chi connectivity index (χ1n) is 6.74. The summed E-state index contributed by atoms with van der Waals surface area (Å²) in [5.74, 6) is 0. The van der Waals surface area contributed by atoms with E-state index in [2.05, 4.69) is 4.98 Å². The third kappa shape index (κ3) is 2.44. The van der Waals surface area contributed by atoms with Crippen molar-refractivity contribution in [2.45, 2.75) is 18.4 Å². The zero-order valence-electron chi connectivity index (χ0n) is 11.5. The number of para-hydroxylation sites is 1. The number of likely N-dealkylation sites (N-methyl/N-ethyl adjacent to an activating group) is 1. The minimum absolute atomic E-state index is 0.461. The van der Waals surface area contributed by atoms with E-state index in [0.29, 0.717) is 55.4 Å². The number of aliphatic hydroxyl groups is 1. The van der Waals surface area contributed by atoms with Crippen molar-refractivity contribution in [3.05, 3.63) is 18.2 Å². The van der Waals surface area contributed by atoms with Gasteiger partial charge < -0.3 is 24.9 Å². The molecule has 20 heavy (non-hydrogen) atoms. The van der Waals surface area contributed by atoms with Crippen LogP contribution in [-0.4, -0.2) is 42.5 Å². The summed E-state index contributed by atoms with van der Waals surface area (Å²) in [5, 5.41) is 10.5. The lowest BCUT2D eigenvalue weighted by molar-refractivity contribution is -0.0576. The number of oxazole rings is 1. The Hall–Kier alpha value is -1.79. The van der Waals surface area contributed by atoms with Crippen molar-refractivity contribution >= 4 is 22.8 Å². The third-order valence-corrected chi connectivity index (χ3v) is 3.72. The maximum atomic E-state index is 10.5. The van der Waals surface area contributed by atoms with Crippen molar-refractivity contribution in [1.29, 1.82) is 0 Å². The minimum Gasteiger partial charge on any atom is -0.423 e. The molecule has 0 amide bonds. The monoisotopic (exact) mass is 277 g/mol. The number of nitrogen functional groups attached to an aromatic ring is 1. The molecule has 0 bridgehead atoms. The molecule has 1 aromatic heterocycles. The zero-order chi connectivity index (χ0) is 14.2. The molecule has 1 aliphatic rings. The number of fused-ring (bicyclic) bond motifs is 1. The van der Waals surface area contributed by atoms with Crippen LogP contribution < -0.4 is 10.6 Å². The first-order chi connectivity index (χ1) is 9.57. The molecular formula is C14H19N3O3. The van der Waals surface area contributed by atoms with E-state index in [0.717, 1.165) is 0 Å². The molecule has 0 saturated carbocycles. The van der Waals surface area contributed by atoms with E-state index in [1.165, 1.54) is 0 Å². The predicted octanol–water partition coefficient (Wildman–Crippen LogP) is 1.39. The Kier molecular flexibility index (Phi) is 3.27. The molecule has 6 heteroatoms. The Morgan fingerprint density at radius 1 is 1.40 bits per heavy atom. The van der Waals surface area contributed by atoms with Crippen LogP contribution in [0.1, 0.15) is 12.8 Å². The summed E-state index contributed by atoms with van der Waals surface area (Å²) in [6.07, 6.45) is 1.25. The Balaban J connectivity index is 1.81. The Morgan fingerprint density at radius 3 is 2.85 bits per heavy atom. The quantitative estimate of drug-likeness (QED) is 0.825. The van der Waals surface area contributed by atoms with Crippen LogP contribution in [0.5, 0.6) is 0 Å². The molecule has 1 saturated heterocycles. The van der Waals surface area contributed by atoms with Gasteiger partial charge in [0, 0.05) is 33.1 Å². The molecule has 108 valence electrons. The van der Waals surface area contributed by atoms with E-state index in [1.54, 1.807) is 6.07 Å². The van der Waals surface area contributed by atoms with Crippen LogP contribution in [0.3, 0.4) is 0 Å². The Morgan fingerprint density at radius 2 is 2.15 bits per heavy atom. The van der Waals surface area contributed by atoms with Gasteiger partial charge in [-0.1, -0.05) is 6.07 Å². The van der Waals surface area contributed by atoms with E-state index in [9.17, 15) is 5.11 Å². The minimum atomic E-state index is -0.751. The number of nitrogens with two attached hydrogens (primary N) is 1. The number of ether oxygens (including phenoxy) is 1. The molecule has 0 spiro atoms. The van der Waals surface area contributed by atoms with Gasteiger partial charge in [-0.3, -0.25) is 0 Å². The fourth-order valence-electron chi connectivity index (χ4n) is 2.54. The molecule has 3 rings (SSSR count). The fourth-order valence-corrected chi connectivity index (χ4v) is 2.54. The topological polar surface area (TPSA) is 84.8 Å². The highest BCUT2D eigenvalue weighted by molar-refractivity contribution is 5.86. The number of benzene rings is 1. The molecule has 1 aromatic carbocycles. The van der Waals surface area contributed by atoms with Crippen LogP contribution in [0.25, 0.3) is 11.1 Å². The molecule has 3 N–H and O–H groups in total. The van der Waals surface area contributed by atoms with Gasteiger partial charge in [-0.15, -0.1) is 0 Å². The summed E-state index contributed by atoms with van der Waals surface area (Å²) in [4.78, 5) is 6.22. The van der Waals surface area contributed by atoms with Gasteiger partial charge in [0.1, 0.15) is 5.52 Å². The molecule has 0 radical (unpaired) electrons. The first kappa shape index (κ1) is 13.2. The summed E-state index contributed by atoms with van der Waals surface area (Å²) in [6.45, 7) is 1.64. The third-order valence-electron chi connectivity index (χ3n) is 3.72. The predicted molar refractivity (Wildman–Crippen MR) is 76.7 cm³/mol. The molecule has 6 nitrogen and oxygen atoms in total. The average Bonchev–Trinajstić information content (AvgIpc) is 2.85. The zero-order valence-corrected chi connectivity index (χ0v) is 11.5. The Bertz CT molecular complexity index is 605. The molecule has 0 unspecified atom stereocenters. The van der Waals surface area contributed by atoms with Crippen LogP contribution in [0.4, 0.5) is 11.7 Å². The molecule has 2 aromatic rings. The number of anilines is 2. The van der Waals surface area contributed by atoms with Crippen LogP contribution in [0.15, 0.2) is 22.6 Å². The lowest BCUT2D eigenvalue weighted by Crippen LogP contribution is -2.45. The van der Waals surface area contributed by atoms with Crippen molar-refractivity contribution in [2.24, 2.45) is 0 Å². The van der Waals surface area contributed by atoms with Crippen molar-refractivity contribution < 1.29 is 14.3 Å². The summed E-state index contributed by atoms with van der Waals surface area (Å²) in [6, 6.07) is 5.93. The number of hydrogen-bond acceptors (Lipinski definition) is 6. The molecular weight excluding hydrogens is 258 g/mol. The Labute approximate surface area is 117 Å². The second-order valence-electron chi connectivity index (χ2n) is 5.38.